The fraction of sp³-hybridized carbons (Fsp3) is 0.481. The zero-order valence-electron chi connectivity index (χ0n) is 19.8. The van der Waals surface area contributed by atoms with Crippen molar-refractivity contribution in [2.75, 3.05) is 7.11 Å². The van der Waals surface area contributed by atoms with Crippen LogP contribution in [0.1, 0.15) is 60.4 Å². The molecule has 0 amide bonds. The number of hydrogen-bond acceptors (Lipinski definition) is 8. The van der Waals surface area contributed by atoms with Crippen molar-refractivity contribution >= 4 is 11.9 Å². The Hall–Kier alpha value is -2.78. The van der Waals surface area contributed by atoms with E-state index in [4.69, 9.17) is 23.9 Å². The van der Waals surface area contributed by atoms with Crippen molar-refractivity contribution in [2.45, 2.75) is 75.1 Å². The van der Waals surface area contributed by atoms with Crippen LogP contribution in [-0.2, 0) is 28.7 Å². The lowest BCUT2D eigenvalue weighted by Crippen LogP contribution is -2.51. The lowest BCUT2D eigenvalue weighted by Gasteiger charge is -2.41. The first-order valence-electron chi connectivity index (χ1n) is 12.3. The highest BCUT2D eigenvalue weighted by Crippen LogP contribution is 2.39. The zero-order chi connectivity index (χ0) is 24.2. The third kappa shape index (κ3) is 5.41. The van der Waals surface area contributed by atoms with Gasteiger partial charge in [0.2, 0.25) is 0 Å². The molecule has 2 aromatic carbocycles. The third-order valence-corrected chi connectivity index (χ3v) is 7.02. The van der Waals surface area contributed by atoms with Crippen LogP contribution in [0.3, 0.4) is 0 Å². The number of ether oxygens (including phenoxy) is 3. The molecule has 2 aromatic rings. The maximum atomic E-state index is 12.9. The van der Waals surface area contributed by atoms with Crippen molar-refractivity contribution in [3.05, 3.63) is 71.8 Å². The summed E-state index contributed by atoms with van der Waals surface area (Å²) in [4.78, 5) is 36.8. The van der Waals surface area contributed by atoms with Gasteiger partial charge < -0.3 is 14.2 Å². The molecule has 35 heavy (non-hydrogen) atoms. The lowest BCUT2D eigenvalue weighted by molar-refractivity contribution is -0.447. The number of rotatable bonds is 6. The van der Waals surface area contributed by atoms with Gasteiger partial charge in [-0.3, -0.25) is 4.84 Å². The molecule has 8 heteroatoms. The van der Waals surface area contributed by atoms with Crippen LogP contribution in [0, 0.1) is 0 Å². The molecule has 1 saturated carbocycles. The van der Waals surface area contributed by atoms with Crippen LogP contribution in [-0.4, -0.2) is 54.9 Å². The fourth-order valence-corrected chi connectivity index (χ4v) is 5.24. The molecule has 2 aliphatic heterocycles. The summed E-state index contributed by atoms with van der Waals surface area (Å²) in [6, 6.07) is 18.8. The Labute approximate surface area is 205 Å². The van der Waals surface area contributed by atoms with Crippen molar-refractivity contribution in [3.8, 4) is 0 Å². The van der Waals surface area contributed by atoms with Gasteiger partial charge in [-0.25, -0.2) is 14.4 Å². The topological polar surface area (TPSA) is 83.5 Å². The minimum Gasteiger partial charge on any atom is -0.467 e. The van der Waals surface area contributed by atoms with Gasteiger partial charge in [0.05, 0.1) is 18.8 Å². The largest absolute Gasteiger partial charge is 0.467 e. The smallest absolute Gasteiger partial charge is 0.338 e. The first kappa shape index (κ1) is 23.9. The van der Waals surface area contributed by atoms with Crippen molar-refractivity contribution in [1.29, 1.82) is 0 Å². The third-order valence-electron chi connectivity index (χ3n) is 7.02. The summed E-state index contributed by atoms with van der Waals surface area (Å²) in [5, 5.41) is 1.28. The molecular formula is C27H31NO7. The monoisotopic (exact) mass is 481 g/mol. The highest BCUT2D eigenvalue weighted by molar-refractivity contribution is 5.89. The van der Waals surface area contributed by atoms with E-state index in [1.165, 1.54) is 17.9 Å². The average molecular weight is 482 g/mol. The second-order valence-corrected chi connectivity index (χ2v) is 9.26. The molecule has 0 radical (unpaired) electrons. The number of hydrogen-bond donors (Lipinski definition) is 0. The molecule has 0 spiro atoms. The van der Waals surface area contributed by atoms with Crippen molar-refractivity contribution in [1.82, 2.24) is 5.23 Å². The van der Waals surface area contributed by atoms with E-state index in [2.05, 4.69) is 12.1 Å². The maximum absolute atomic E-state index is 12.9. The molecule has 8 nitrogen and oxygen atoms in total. The molecule has 3 fully saturated rings. The number of esters is 2. The SMILES string of the molecule is COC(=O)[C@H]1C[C@H]2[C@H](OC(=O)c3ccccc3)C[C@H](O[C@H]3CCCC[C@@H]3c3ccccc3)ON2O1. The molecule has 2 saturated heterocycles. The Balaban J connectivity index is 1.33. The molecule has 0 N–H and O–H groups in total. The van der Waals surface area contributed by atoms with Gasteiger partial charge >= 0.3 is 11.9 Å². The quantitative estimate of drug-likeness (QED) is 0.569. The van der Waals surface area contributed by atoms with Gasteiger partial charge in [-0.1, -0.05) is 66.6 Å². The molecule has 0 bridgehead atoms. The number of carbonyl (C=O) groups excluding carboxylic acids is 2. The molecular weight excluding hydrogens is 450 g/mol. The second-order valence-electron chi connectivity index (χ2n) is 9.26. The predicted molar refractivity (Wildman–Crippen MR) is 125 cm³/mol. The summed E-state index contributed by atoms with van der Waals surface area (Å²) < 4.78 is 17.3. The van der Waals surface area contributed by atoms with Crippen LogP contribution < -0.4 is 0 Å². The van der Waals surface area contributed by atoms with Gasteiger partial charge in [-0.15, -0.1) is 0 Å². The molecule has 1 aliphatic carbocycles. The number of carbonyl (C=O) groups is 2. The molecule has 5 rings (SSSR count). The van der Waals surface area contributed by atoms with E-state index in [0.29, 0.717) is 18.4 Å². The normalized spacial score (nSPS) is 30.9. The van der Waals surface area contributed by atoms with E-state index in [9.17, 15) is 9.59 Å². The number of fused-ring (bicyclic) bond motifs is 1. The second kappa shape index (κ2) is 10.9. The van der Waals surface area contributed by atoms with E-state index in [0.717, 1.165) is 25.7 Å². The summed E-state index contributed by atoms with van der Waals surface area (Å²) in [5.74, 6) is -0.665. The van der Waals surface area contributed by atoms with E-state index in [-0.39, 0.29) is 12.0 Å². The van der Waals surface area contributed by atoms with Gasteiger partial charge in [0, 0.05) is 18.8 Å². The van der Waals surface area contributed by atoms with Crippen molar-refractivity contribution < 1.29 is 33.5 Å². The van der Waals surface area contributed by atoms with Crippen LogP contribution >= 0.6 is 0 Å². The van der Waals surface area contributed by atoms with Crippen LogP contribution in [0.25, 0.3) is 0 Å². The molecule has 0 aromatic heterocycles. The average Bonchev–Trinajstić information content (AvgIpc) is 3.34. The van der Waals surface area contributed by atoms with E-state index in [1.807, 2.05) is 24.3 Å². The molecule has 2 heterocycles. The molecule has 0 unspecified atom stereocenters. The zero-order valence-corrected chi connectivity index (χ0v) is 19.8. The van der Waals surface area contributed by atoms with E-state index >= 15 is 0 Å². The van der Waals surface area contributed by atoms with Crippen LogP contribution in [0.4, 0.5) is 0 Å². The summed E-state index contributed by atoms with van der Waals surface area (Å²) in [6.07, 6.45) is 2.73. The highest BCUT2D eigenvalue weighted by Gasteiger charge is 2.50. The van der Waals surface area contributed by atoms with E-state index in [1.54, 1.807) is 24.3 Å². The summed E-state index contributed by atoms with van der Waals surface area (Å²) in [6.45, 7) is 0. The van der Waals surface area contributed by atoms with Crippen molar-refractivity contribution in [3.63, 3.8) is 0 Å². The number of nitrogens with zero attached hydrogens (tertiary/aromatic N) is 1. The Morgan fingerprint density at radius 3 is 2.34 bits per heavy atom. The Bertz CT molecular complexity index is 1000. The number of methoxy groups -OCH3 is 1. The first-order chi connectivity index (χ1) is 17.1. The highest BCUT2D eigenvalue weighted by atomic mass is 17.0. The Kier molecular flexibility index (Phi) is 7.43. The lowest BCUT2D eigenvalue weighted by atomic mass is 9.81. The minimum absolute atomic E-state index is 0.0304. The van der Waals surface area contributed by atoms with Crippen LogP contribution in [0.15, 0.2) is 60.7 Å². The van der Waals surface area contributed by atoms with Gasteiger partial charge in [-0.2, -0.15) is 0 Å². The van der Waals surface area contributed by atoms with Gasteiger partial charge in [0.25, 0.3) is 0 Å². The van der Waals surface area contributed by atoms with Gasteiger partial charge in [-0.05, 0) is 30.5 Å². The first-order valence-corrected chi connectivity index (χ1v) is 12.3. The van der Waals surface area contributed by atoms with Crippen LogP contribution in [0.5, 0.6) is 0 Å². The molecule has 186 valence electrons. The standard InChI is InChI=1S/C27H31NO7/c1-31-27(30)24-16-21-23(33-26(29)19-12-6-3-7-13-19)17-25(35-28(21)34-24)32-22-15-9-8-14-20(22)18-10-4-2-5-11-18/h2-7,10-13,20-25H,8-9,14-17H2,1H3/t20-,21+,22+,23-,24-,25-/m1/s1. The van der Waals surface area contributed by atoms with Gasteiger partial charge in [0.1, 0.15) is 12.1 Å². The predicted octanol–water partition coefficient (Wildman–Crippen LogP) is 4.16. The van der Waals surface area contributed by atoms with Crippen molar-refractivity contribution in [2.24, 2.45) is 0 Å². The van der Waals surface area contributed by atoms with Crippen LogP contribution in [0.2, 0.25) is 0 Å². The van der Waals surface area contributed by atoms with Gasteiger partial charge in [0.15, 0.2) is 12.4 Å². The Morgan fingerprint density at radius 2 is 1.60 bits per heavy atom. The Morgan fingerprint density at radius 1 is 0.886 bits per heavy atom. The minimum atomic E-state index is -0.826. The fourth-order valence-electron chi connectivity index (χ4n) is 5.24. The summed E-state index contributed by atoms with van der Waals surface area (Å²) >= 11 is 0. The summed E-state index contributed by atoms with van der Waals surface area (Å²) in [7, 11) is 1.31. The summed E-state index contributed by atoms with van der Waals surface area (Å²) in [5.41, 5.74) is 1.71. The molecule has 3 aliphatic rings. The van der Waals surface area contributed by atoms with E-state index < -0.39 is 36.5 Å². The maximum Gasteiger partial charge on any atom is 0.338 e. The number of hydroxylamine groups is 2. The molecule has 6 atom stereocenters. The number of benzene rings is 2.